The molecule has 0 bridgehead atoms. The third-order valence-electron chi connectivity index (χ3n) is 2.15. The van der Waals surface area contributed by atoms with Crippen molar-refractivity contribution in [2.24, 2.45) is 0 Å². The molecule has 0 saturated heterocycles. The minimum atomic E-state index is -0.806. The molecule has 0 aromatic heterocycles. The van der Waals surface area contributed by atoms with Gasteiger partial charge in [-0.3, -0.25) is 0 Å². The molecule has 3 N–H and O–H groups in total. The van der Waals surface area contributed by atoms with Crippen LogP contribution in [-0.4, -0.2) is 36.6 Å². The standard InChI is InChI=1S/C11H16FNO3/c1-16-11-3-2-9(12)4-8(11)5-13-6-10(15)7-14/h2-4,10,13-15H,5-7H2,1H3. The van der Waals surface area contributed by atoms with E-state index in [1.807, 2.05) is 0 Å². The maximum absolute atomic E-state index is 13.0. The number of methoxy groups -OCH3 is 1. The average molecular weight is 229 g/mol. The van der Waals surface area contributed by atoms with Crippen molar-refractivity contribution in [3.8, 4) is 5.75 Å². The number of nitrogens with one attached hydrogen (secondary N) is 1. The van der Waals surface area contributed by atoms with Crippen LogP contribution < -0.4 is 10.1 Å². The van der Waals surface area contributed by atoms with E-state index in [2.05, 4.69) is 5.32 Å². The van der Waals surface area contributed by atoms with Gasteiger partial charge in [-0.1, -0.05) is 0 Å². The predicted octanol–water partition coefficient (Wildman–Crippen LogP) is 0.277. The molecule has 0 saturated carbocycles. The molecule has 5 heteroatoms. The van der Waals surface area contributed by atoms with Crippen LogP contribution in [0.4, 0.5) is 4.39 Å². The number of aliphatic hydroxyl groups excluding tert-OH is 2. The van der Waals surface area contributed by atoms with Gasteiger partial charge in [0.05, 0.1) is 19.8 Å². The molecule has 1 rings (SSSR count). The Morgan fingerprint density at radius 1 is 1.50 bits per heavy atom. The highest BCUT2D eigenvalue weighted by atomic mass is 19.1. The van der Waals surface area contributed by atoms with Crippen LogP contribution >= 0.6 is 0 Å². The summed E-state index contributed by atoms with van der Waals surface area (Å²) >= 11 is 0. The number of benzene rings is 1. The zero-order valence-electron chi connectivity index (χ0n) is 9.11. The molecule has 0 radical (unpaired) electrons. The van der Waals surface area contributed by atoms with E-state index in [9.17, 15) is 4.39 Å². The number of halogens is 1. The summed E-state index contributed by atoms with van der Waals surface area (Å²) in [5, 5.41) is 20.6. The quantitative estimate of drug-likeness (QED) is 0.655. The topological polar surface area (TPSA) is 61.7 Å². The van der Waals surface area contributed by atoms with Gasteiger partial charge in [-0.05, 0) is 18.2 Å². The number of hydrogen-bond acceptors (Lipinski definition) is 4. The molecule has 0 amide bonds. The lowest BCUT2D eigenvalue weighted by Gasteiger charge is -2.11. The molecule has 0 aliphatic rings. The molecule has 16 heavy (non-hydrogen) atoms. The Morgan fingerprint density at radius 3 is 2.88 bits per heavy atom. The van der Waals surface area contributed by atoms with E-state index < -0.39 is 6.10 Å². The summed E-state index contributed by atoms with van der Waals surface area (Å²) in [6.45, 7) is 0.321. The molecule has 0 fully saturated rings. The van der Waals surface area contributed by atoms with Crippen LogP contribution in [0.2, 0.25) is 0 Å². The molecule has 0 heterocycles. The lowest BCUT2D eigenvalue weighted by molar-refractivity contribution is 0.0942. The van der Waals surface area contributed by atoms with Crippen LogP contribution in [0.25, 0.3) is 0 Å². The van der Waals surface area contributed by atoms with Gasteiger partial charge >= 0.3 is 0 Å². The Balaban J connectivity index is 2.55. The highest BCUT2D eigenvalue weighted by molar-refractivity contribution is 5.33. The van der Waals surface area contributed by atoms with E-state index in [1.165, 1.54) is 19.2 Å². The number of ether oxygens (including phenoxy) is 1. The van der Waals surface area contributed by atoms with Gasteiger partial charge in [-0.2, -0.15) is 0 Å². The molecular weight excluding hydrogens is 213 g/mol. The summed E-state index contributed by atoms with van der Waals surface area (Å²) in [5.74, 6) is 0.257. The SMILES string of the molecule is COc1ccc(F)cc1CNCC(O)CO. The van der Waals surface area contributed by atoms with Crippen molar-refractivity contribution in [2.45, 2.75) is 12.6 Å². The third kappa shape index (κ3) is 3.77. The van der Waals surface area contributed by atoms with E-state index in [0.29, 0.717) is 17.9 Å². The maximum Gasteiger partial charge on any atom is 0.123 e. The normalized spacial score (nSPS) is 12.5. The van der Waals surface area contributed by atoms with Gasteiger partial charge in [0.1, 0.15) is 11.6 Å². The summed E-state index contributed by atoms with van der Waals surface area (Å²) in [5.41, 5.74) is 0.674. The van der Waals surface area contributed by atoms with Gasteiger partial charge in [-0.15, -0.1) is 0 Å². The van der Waals surface area contributed by atoms with E-state index in [0.717, 1.165) is 0 Å². The summed E-state index contributed by atoms with van der Waals surface area (Å²) in [6.07, 6.45) is -0.806. The van der Waals surface area contributed by atoms with Crippen LogP contribution in [0.15, 0.2) is 18.2 Å². The van der Waals surface area contributed by atoms with Crippen LogP contribution in [0.1, 0.15) is 5.56 Å². The Bertz CT molecular complexity index is 333. The zero-order chi connectivity index (χ0) is 12.0. The molecule has 0 aliphatic heterocycles. The van der Waals surface area contributed by atoms with Crippen molar-refractivity contribution >= 4 is 0 Å². The minimum absolute atomic E-state index is 0.246. The van der Waals surface area contributed by atoms with Gasteiger partial charge in [0.2, 0.25) is 0 Å². The second-order valence-corrected chi connectivity index (χ2v) is 3.42. The second kappa shape index (κ2) is 6.42. The summed E-state index contributed by atoms with van der Waals surface area (Å²) in [7, 11) is 1.51. The summed E-state index contributed by atoms with van der Waals surface area (Å²) < 4.78 is 18.0. The highest BCUT2D eigenvalue weighted by Crippen LogP contribution is 2.18. The maximum atomic E-state index is 13.0. The fraction of sp³-hybridized carbons (Fsp3) is 0.455. The highest BCUT2D eigenvalue weighted by Gasteiger charge is 2.06. The Morgan fingerprint density at radius 2 is 2.25 bits per heavy atom. The van der Waals surface area contributed by atoms with Crippen molar-refractivity contribution in [3.05, 3.63) is 29.6 Å². The molecule has 0 aliphatic carbocycles. The van der Waals surface area contributed by atoms with Gasteiger partial charge in [0.25, 0.3) is 0 Å². The molecule has 0 spiro atoms. The van der Waals surface area contributed by atoms with Crippen LogP contribution in [0.3, 0.4) is 0 Å². The first kappa shape index (κ1) is 12.9. The van der Waals surface area contributed by atoms with Crippen molar-refractivity contribution < 1.29 is 19.3 Å². The largest absolute Gasteiger partial charge is 0.496 e. The minimum Gasteiger partial charge on any atom is -0.496 e. The fourth-order valence-corrected chi connectivity index (χ4v) is 1.32. The fourth-order valence-electron chi connectivity index (χ4n) is 1.32. The molecule has 1 aromatic carbocycles. The Hall–Kier alpha value is -1.17. The van der Waals surface area contributed by atoms with Crippen molar-refractivity contribution in [1.29, 1.82) is 0 Å². The van der Waals surface area contributed by atoms with Crippen molar-refractivity contribution in [2.75, 3.05) is 20.3 Å². The molecule has 1 aromatic rings. The van der Waals surface area contributed by atoms with E-state index in [4.69, 9.17) is 14.9 Å². The monoisotopic (exact) mass is 229 g/mol. The van der Waals surface area contributed by atoms with Crippen molar-refractivity contribution in [3.63, 3.8) is 0 Å². The van der Waals surface area contributed by atoms with Gasteiger partial charge in [0, 0.05) is 18.7 Å². The average Bonchev–Trinajstić information content (AvgIpc) is 2.29. The molecule has 90 valence electrons. The van der Waals surface area contributed by atoms with Gasteiger partial charge in [-0.25, -0.2) is 4.39 Å². The number of rotatable bonds is 6. The first-order valence-electron chi connectivity index (χ1n) is 4.99. The first-order valence-corrected chi connectivity index (χ1v) is 4.99. The van der Waals surface area contributed by atoms with Crippen LogP contribution in [0, 0.1) is 5.82 Å². The number of aliphatic hydroxyl groups is 2. The third-order valence-corrected chi connectivity index (χ3v) is 2.15. The smallest absolute Gasteiger partial charge is 0.123 e. The summed E-state index contributed by atoms with van der Waals surface area (Å²) in [4.78, 5) is 0. The van der Waals surface area contributed by atoms with E-state index in [1.54, 1.807) is 6.07 Å². The van der Waals surface area contributed by atoms with Crippen LogP contribution in [0.5, 0.6) is 5.75 Å². The van der Waals surface area contributed by atoms with Crippen molar-refractivity contribution in [1.82, 2.24) is 5.32 Å². The Kier molecular flexibility index (Phi) is 5.18. The summed E-state index contributed by atoms with van der Waals surface area (Å²) in [6, 6.07) is 4.25. The molecule has 4 nitrogen and oxygen atoms in total. The van der Waals surface area contributed by atoms with Crippen LogP contribution in [-0.2, 0) is 6.54 Å². The second-order valence-electron chi connectivity index (χ2n) is 3.42. The zero-order valence-corrected chi connectivity index (χ0v) is 9.11. The molecule has 1 atom stereocenters. The lowest BCUT2D eigenvalue weighted by Crippen LogP contribution is -2.29. The molecule has 1 unspecified atom stereocenters. The van der Waals surface area contributed by atoms with E-state index in [-0.39, 0.29) is 19.0 Å². The van der Waals surface area contributed by atoms with E-state index >= 15 is 0 Å². The number of hydrogen-bond donors (Lipinski definition) is 3. The Labute approximate surface area is 93.7 Å². The predicted molar refractivity (Wildman–Crippen MR) is 57.8 cm³/mol. The van der Waals surface area contributed by atoms with Gasteiger partial charge < -0.3 is 20.3 Å². The first-order chi connectivity index (χ1) is 7.67. The lowest BCUT2D eigenvalue weighted by atomic mass is 10.2. The molecular formula is C11H16FNO3. The van der Waals surface area contributed by atoms with Gasteiger partial charge in [0.15, 0.2) is 0 Å².